The lowest BCUT2D eigenvalue weighted by Crippen LogP contribution is -2.43. The lowest BCUT2D eigenvalue weighted by atomic mass is 9.80. The highest BCUT2D eigenvalue weighted by molar-refractivity contribution is 7.09. The molecule has 1 amide bonds. The molecule has 2 aromatic rings. The number of nitrogens with one attached hydrogen (secondary N) is 1. The quantitative estimate of drug-likeness (QED) is 0.812. The van der Waals surface area contributed by atoms with E-state index in [-0.39, 0.29) is 17.5 Å². The van der Waals surface area contributed by atoms with E-state index in [2.05, 4.69) is 15.6 Å². The van der Waals surface area contributed by atoms with Crippen molar-refractivity contribution < 1.29 is 9.90 Å². The number of aromatic nitrogens is 3. The maximum absolute atomic E-state index is 12.2. The second-order valence-corrected chi connectivity index (χ2v) is 7.77. The molecular weight excluding hydrogens is 312 g/mol. The number of carbonyl (C=O) groups is 1. The molecule has 6 nitrogen and oxygen atoms in total. The van der Waals surface area contributed by atoms with Crippen molar-refractivity contribution in [1.82, 2.24) is 20.3 Å². The predicted molar refractivity (Wildman–Crippen MR) is 90.4 cm³/mol. The lowest BCUT2D eigenvalue weighted by molar-refractivity contribution is 0.0138. The van der Waals surface area contributed by atoms with Crippen LogP contribution in [0.2, 0.25) is 0 Å². The molecule has 2 aromatic heterocycles. The SMILES string of the molecule is CC(C)C(O)C(C)(C)CNC(=O)c1cn(Cc2cccs2)nn1. The van der Waals surface area contributed by atoms with Crippen molar-refractivity contribution in [2.24, 2.45) is 11.3 Å². The van der Waals surface area contributed by atoms with Gasteiger partial charge in [0.1, 0.15) is 0 Å². The van der Waals surface area contributed by atoms with E-state index in [9.17, 15) is 9.90 Å². The third kappa shape index (κ3) is 4.62. The van der Waals surface area contributed by atoms with Crippen LogP contribution in [-0.2, 0) is 6.54 Å². The van der Waals surface area contributed by atoms with Crippen LogP contribution in [0.25, 0.3) is 0 Å². The van der Waals surface area contributed by atoms with Gasteiger partial charge in [-0.1, -0.05) is 39.0 Å². The van der Waals surface area contributed by atoms with Gasteiger partial charge in [0.2, 0.25) is 0 Å². The van der Waals surface area contributed by atoms with Crippen LogP contribution >= 0.6 is 11.3 Å². The molecule has 1 atom stereocenters. The zero-order valence-corrected chi connectivity index (χ0v) is 14.8. The maximum Gasteiger partial charge on any atom is 0.273 e. The fraction of sp³-hybridized carbons (Fsp3) is 0.562. The Kier molecular flexibility index (Phi) is 5.54. The molecular formula is C16H24N4O2S. The second kappa shape index (κ2) is 7.23. The first-order valence-electron chi connectivity index (χ1n) is 7.68. The van der Waals surface area contributed by atoms with E-state index in [1.54, 1.807) is 22.2 Å². The minimum absolute atomic E-state index is 0.133. The van der Waals surface area contributed by atoms with Crippen LogP contribution in [0, 0.1) is 11.3 Å². The number of rotatable bonds is 7. The molecule has 0 aliphatic rings. The van der Waals surface area contributed by atoms with Crippen molar-refractivity contribution in [3.05, 3.63) is 34.3 Å². The molecule has 23 heavy (non-hydrogen) atoms. The van der Waals surface area contributed by atoms with Crippen LogP contribution in [-0.4, -0.2) is 38.7 Å². The summed E-state index contributed by atoms with van der Waals surface area (Å²) in [6.45, 7) is 8.78. The summed E-state index contributed by atoms with van der Waals surface area (Å²) < 4.78 is 1.65. The van der Waals surface area contributed by atoms with Crippen LogP contribution in [0.1, 0.15) is 43.1 Å². The Balaban J connectivity index is 1.92. The molecule has 0 saturated heterocycles. The summed E-state index contributed by atoms with van der Waals surface area (Å²) in [4.78, 5) is 13.3. The van der Waals surface area contributed by atoms with Gasteiger partial charge >= 0.3 is 0 Å². The molecule has 1 unspecified atom stereocenters. The molecule has 0 fully saturated rings. The third-order valence-corrected chi connectivity index (χ3v) is 4.67. The molecule has 2 rings (SSSR count). The number of thiophene rings is 1. The highest BCUT2D eigenvalue weighted by atomic mass is 32.1. The summed E-state index contributed by atoms with van der Waals surface area (Å²) in [6, 6.07) is 3.99. The number of amides is 1. The average Bonchev–Trinajstić information content (AvgIpc) is 3.16. The van der Waals surface area contributed by atoms with Gasteiger partial charge in [-0.05, 0) is 17.4 Å². The summed E-state index contributed by atoms with van der Waals surface area (Å²) in [5, 5.41) is 22.9. The van der Waals surface area contributed by atoms with Gasteiger partial charge in [-0.15, -0.1) is 16.4 Å². The van der Waals surface area contributed by atoms with Crippen LogP contribution in [0.4, 0.5) is 0 Å². The number of hydrogen-bond acceptors (Lipinski definition) is 5. The molecule has 0 spiro atoms. The number of aliphatic hydroxyl groups excluding tert-OH is 1. The maximum atomic E-state index is 12.2. The van der Waals surface area contributed by atoms with E-state index in [4.69, 9.17) is 0 Å². The molecule has 0 bridgehead atoms. The number of nitrogens with zero attached hydrogens (tertiary/aromatic N) is 3. The molecule has 0 saturated carbocycles. The number of hydrogen-bond donors (Lipinski definition) is 2. The Labute approximate surface area is 140 Å². The van der Waals surface area contributed by atoms with Crippen LogP contribution in [0.5, 0.6) is 0 Å². The van der Waals surface area contributed by atoms with Gasteiger partial charge in [-0.3, -0.25) is 4.79 Å². The monoisotopic (exact) mass is 336 g/mol. The Morgan fingerprint density at radius 3 is 2.83 bits per heavy atom. The van der Waals surface area contributed by atoms with Gasteiger partial charge in [0, 0.05) is 16.8 Å². The van der Waals surface area contributed by atoms with E-state index in [1.165, 1.54) is 0 Å². The molecule has 0 radical (unpaired) electrons. The van der Waals surface area contributed by atoms with Crippen LogP contribution in [0.15, 0.2) is 23.7 Å². The highest BCUT2D eigenvalue weighted by Gasteiger charge is 2.30. The molecule has 2 N–H and O–H groups in total. The van der Waals surface area contributed by atoms with Gasteiger partial charge in [-0.25, -0.2) is 4.68 Å². The van der Waals surface area contributed by atoms with Crippen molar-refractivity contribution in [3.8, 4) is 0 Å². The van der Waals surface area contributed by atoms with E-state index >= 15 is 0 Å². The zero-order chi connectivity index (χ0) is 17.0. The summed E-state index contributed by atoms with van der Waals surface area (Å²) >= 11 is 1.64. The van der Waals surface area contributed by atoms with Gasteiger partial charge in [-0.2, -0.15) is 0 Å². The Hall–Kier alpha value is -1.73. The van der Waals surface area contributed by atoms with E-state index in [0.29, 0.717) is 13.1 Å². The first-order valence-corrected chi connectivity index (χ1v) is 8.56. The van der Waals surface area contributed by atoms with Crippen molar-refractivity contribution in [3.63, 3.8) is 0 Å². The minimum Gasteiger partial charge on any atom is -0.392 e. The standard InChI is InChI=1S/C16H24N4O2S/c1-11(2)14(21)16(3,4)10-17-15(22)13-9-20(19-18-13)8-12-6-5-7-23-12/h5-7,9,11,14,21H,8,10H2,1-4H3,(H,17,22). The van der Waals surface area contributed by atoms with E-state index in [0.717, 1.165) is 4.88 Å². The fourth-order valence-corrected chi connectivity index (χ4v) is 3.14. The van der Waals surface area contributed by atoms with Crippen LogP contribution in [0.3, 0.4) is 0 Å². The normalized spacial score (nSPS) is 13.3. The predicted octanol–water partition coefficient (Wildman–Crippen LogP) is 2.16. The molecule has 7 heteroatoms. The van der Waals surface area contributed by atoms with Gasteiger partial charge < -0.3 is 10.4 Å². The smallest absolute Gasteiger partial charge is 0.273 e. The Morgan fingerprint density at radius 1 is 1.48 bits per heavy atom. The average molecular weight is 336 g/mol. The second-order valence-electron chi connectivity index (χ2n) is 6.74. The fourth-order valence-electron chi connectivity index (χ4n) is 2.45. The first kappa shape index (κ1) is 17.6. The lowest BCUT2D eigenvalue weighted by Gasteiger charge is -2.33. The highest BCUT2D eigenvalue weighted by Crippen LogP contribution is 2.25. The molecule has 126 valence electrons. The summed E-state index contributed by atoms with van der Waals surface area (Å²) in [6.07, 6.45) is 1.15. The largest absolute Gasteiger partial charge is 0.392 e. The number of carbonyl (C=O) groups excluding carboxylic acids is 1. The molecule has 0 aliphatic heterocycles. The molecule has 2 heterocycles. The van der Waals surface area contributed by atoms with Gasteiger partial charge in [0.25, 0.3) is 5.91 Å². The van der Waals surface area contributed by atoms with Gasteiger partial charge in [0.05, 0.1) is 18.8 Å². The van der Waals surface area contributed by atoms with Crippen molar-refractivity contribution in [2.75, 3.05) is 6.54 Å². The molecule has 0 aliphatic carbocycles. The van der Waals surface area contributed by atoms with E-state index < -0.39 is 11.5 Å². The minimum atomic E-state index is -0.489. The molecule has 0 aromatic carbocycles. The zero-order valence-electron chi connectivity index (χ0n) is 14.0. The van der Waals surface area contributed by atoms with Gasteiger partial charge in [0.15, 0.2) is 5.69 Å². The van der Waals surface area contributed by atoms with Crippen LogP contribution < -0.4 is 5.32 Å². The summed E-state index contributed by atoms with van der Waals surface area (Å²) in [5.74, 6) is -0.139. The summed E-state index contributed by atoms with van der Waals surface area (Å²) in [5.41, 5.74) is -0.118. The first-order chi connectivity index (χ1) is 10.8. The van der Waals surface area contributed by atoms with Crippen molar-refractivity contribution in [1.29, 1.82) is 0 Å². The van der Waals surface area contributed by atoms with E-state index in [1.807, 2.05) is 45.2 Å². The third-order valence-electron chi connectivity index (χ3n) is 3.81. The summed E-state index contributed by atoms with van der Waals surface area (Å²) in [7, 11) is 0. The van der Waals surface area contributed by atoms with Crippen molar-refractivity contribution in [2.45, 2.75) is 40.3 Å². The Morgan fingerprint density at radius 2 is 2.22 bits per heavy atom. The number of aliphatic hydroxyl groups is 1. The van der Waals surface area contributed by atoms with Crippen molar-refractivity contribution >= 4 is 17.2 Å². The topological polar surface area (TPSA) is 80.0 Å². The Bertz CT molecular complexity index is 634.